The van der Waals surface area contributed by atoms with Crippen molar-refractivity contribution >= 4 is 5.91 Å². The third-order valence-corrected chi connectivity index (χ3v) is 2.84. The van der Waals surface area contributed by atoms with Gasteiger partial charge in [0.2, 0.25) is 5.91 Å². The van der Waals surface area contributed by atoms with Gasteiger partial charge in [-0.25, -0.2) is 0 Å². The molecule has 3 heteroatoms. The highest BCUT2D eigenvalue weighted by Crippen LogP contribution is 2.29. The smallest absolute Gasteiger partial charge is 0.222 e. The summed E-state index contributed by atoms with van der Waals surface area (Å²) in [5, 5.41) is 0. The maximum absolute atomic E-state index is 11.9. The second-order valence-electron chi connectivity index (χ2n) is 4.80. The fourth-order valence-electron chi connectivity index (χ4n) is 1.71. The van der Waals surface area contributed by atoms with Gasteiger partial charge >= 0.3 is 0 Å². The Morgan fingerprint density at radius 2 is 2.20 bits per heavy atom. The topological polar surface area (TPSA) is 46.3 Å². The van der Waals surface area contributed by atoms with Crippen LogP contribution in [0.3, 0.4) is 0 Å². The van der Waals surface area contributed by atoms with E-state index >= 15 is 0 Å². The highest BCUT2D eigenvalue weighted by molar-refractivity contribution is 5.76. The lowest BCUT2D eigenvalue weighted by Gasteiger charge is -2.22. The first-order chi connectivity index (χ1) is 7.13. The molecule has 1 fully saturated rings. The minimum atomic E-state index is 0.137. The fraction of sp³-hybridized carbons (Fsp3) is 0.917. The molecule has 0 aromatic carbocycles. The monoisotopic (exact) mass is 212 g/mol. The van der Waals surface area contributed by atoms with Crippen molar-refractivity contribution in [2.45, 2.75) is 52.0 Å². The number of hydrogen-bond donors (Lipinski definition) is 1. The SMILES string of the molecule is CCCN(CC1CC1)C(=O)CCC(C)N. The van der Waals surface area contributed by atoms with Gasteiger partial charge in [0.1, 0.15) is 0 Å². The van der Waals surface area contributed by atoms with E-state index in [1.807, 2.05) is 11.8 Å². The molecule has 0 saturated heterocycles. The molecule has 88 valence electrons. The van der Waals surface area contributed by atoms with Crippen molar-refractivity contribution in [1.29, 1.82) is 0 Å². The standard InChI is InChI=1S/C12H24N2O/c1-3-8-14(9-11-5-6-11)12(15)7-4-10(2)13/h10-11H,3-9,13H2,1-2H3. The Bertz CT molecular complexity index is 200. The van der Waals surface area contributed by atoms with E-state index in [1.165, 1.54) is 12.8 Å². The molecule has 1 unspecified atom stereocenters. The highest BCUT2D eigenvalue weighted by atomic mass is 16.2. The second kappa shape index (κ2) is 6.11. The van der Waals surface area contributed by atoms with Crippen LogP contribution in [-0.4, -0.2) is 29.9 Å². The van der Waals surface area contributed by atoms with Gasteiger partial charge in [-0.05, 0) is 38.5 Å². The molecule has 0 aromatic heterocycles. The lowest BCUT2D eigenvalue weighted by molar-refractivity contribution is -0.131. The van der Waals surface area contributed by atoms with Crippen LogP contribution in [0.1, 0.15) is 46.0 Å². The minimum Gasteiger partial charge on any atom is -0.342 e. The van der Waals surface area contributed by atoms with Crippen molar-refractivity contribution in [3.05, 3.63) is 0 Å². The van der Waals surface area contributed by atoms with Gasteiger partial charge in [0.25, 0.3) is 0 Å². The quantitative estimate of drug-likeness (QED) is 0.699. The molecule has 0 heterocycles. The van der Waals surface area contributed by atoms with E-state index < -0.39 is 0 Å². The molecular weight excluding hydrogens is 188 g/mol. The van der Waals surface area contributed by atoms with Crippen LogP contribution in [0.4, 0.5) is 0 Å². The molecule has 3 nitrogen and oxygen atoms in total. The van der Waals surface area contributed by atoms with Crippen LogP contribution in [0.5, 0.6) is 0 Å². The number of hydrogen-bond acceptors (Lipinski definition) is 2. The molecule has 0 spiro atoms. The Kier molecular flexibility index (Phi) is 5.09. The zero-order valence-corrected chi connectivity index (χ0v) is 10.0. The largest absolute Gasteiger partial charge is 0.342 e. The average molecular weight is 212 g/mol. The van der Waals surface area contributed by atoms with Crippen LogP contribution in [0, 0.1) is 5.92 Å². The summed E-state index contributed by atoms with van der Waals surface area (Å²) < 4.78 is 0. The molecule has 1 amide bonds. The van der Waals surface area contributed by atoms with Gasteiger partial charge in [-0.15, -0.1) is 0 Å². The first-order valence-corrected chi connectivity index (χ1v) is 6.16. The summed E-state index contributed by atoms with van der Waals surface area (Å²) in [5.41, 5.74) is 5.66. The highest BCUT2D eigenvalue weighted by Gasteiger charge is 2.26. The summed E-state index contributed by atoms with van der Waals surface area (Å²) in [6.45, 7) is 5.97. The summed E-state index contributed by atoms with van der Waals surface area (Å²) in [7, 11) is 0. The predicted molar refractivity (Wildman–Crippen MR) is 62.5 cm³/mol. The van der Waals surface area contributed by atoms with Gasteiger partial charge in [0.15, 0.2) is 0 Å². The molecule has 1 atom stereocenters. The van der Waals surface area contributed by atoms with Crippen LogP contribution in [-0.2, 0) is 4.79 Å². The van der Waals surface area contributed by atoms with E-state index in [4.69, 9.17) is 5.73 Å². The molecule has 1 aliphatic carbocycles. The van der Waals surface area contributed by atoms with Crippen molar-refractivity contribution in [3.63, 3.8) is 0 Å². The Labute approximate surface area is 93.0 Å². The number of carbonyl (C=O) groups excluding carboxylic acids is 1. The van der Waals surface area contributed by atoms with Crippen molar-refractivity contribution in [1.82, 2.24) is 4.90 Å². The van der Waals surface area contributed by atoms with Gasteiger partial charge in [0, 0.05) is 25.6 Å². The number of amides is 1. The van der Waals surface area contributed by atoms with Gasteiger partial charge in [-0.1, -0.05) is 6.92 Å². The van der Waals surface area contributed by atoms with E-state index in [0.717, 1.165) is 31.8 Å². The van der Waals surface area contributed by atoms with E-state index in [1.54, 1.807) is 0 Å². The second-order valence-corrected chi connectivity index (χ2v) is 4.80. The normalized spacial score (nSPS) is 17.5. The first-order valence-electron chi connectivity index (χ1n) is 6.16. The van der Waals surface area contributed by atoms with Crippen LogP contribution in [0.2, 0.25) is 0 Å². The van der Waals surface area contributed by atoms with E-state index in [9.17, 15) is 4.79 Å². The van der Waals surface area contributed by atoms with E-state index in [0.29, 0.717) is 12.3 Å². The van der Waals surface area contributed by atoms with E-state index in [-0.39, 0.29) is 6.04 Å². The summed E-state index contributed by atoms with van der Waals surface area (Å²) in [6, 6.07) is 0.137. The predicted octanol–water partition coefficient (Wildman–Crippen LogP) is 1.76. The molecule has 1 rings (SSSR count). The van der Waals surface area contributed by atoms with Crippen molar-refractivity contribution in [3.8, 4) is 0 Å². The maximum atomic E-state index is 11.9. The Hall–Kier alpha value is -0.570. The van der Waals surface area contributed by atoms with Gasteiger partial charge in [-0.3, -0.25) is 4.79 Å². The number of rotatable bonds is 7. The van der Waals surface area contributed by atoms with Gasteiger partial charge in [-0.2, -0.15) is 0 Å². The summed E-state index contributed by atoms with van der Waals surface area (Å²) in [5.74, 6) is 1.08. The van der Waals surface area contributed by atoms with Crippen molar-refractivity contribution < 1.29 is 4.79 Å². The first kappa shape index (κ1) is 12.5. The van der Waals surface area contributed by atoms with Crippen LogP contribution in [0.15, 0.2) is 0 Å². The molecule has 15 heavy (non-hydrogen) atoms. The zero-order chi connectivity index (χ0) is 11.3. The Morgan fingerprint density at radius 3 is 2.67 bits per heavy atom. The average Bonchev–Trinajstić information content (AvgIpc) is 2.97. The Morgan fingerprint density at radius 1 is 1.53 bits per heavy atom. The third-order valence-electron chi connectivity index (χ3n) is 2.84. The minimum absolute atomic E-state index is 0.137. The summed E-state index contributed by atoms with van der Waals surface area (Å²) in [4.78, 5) is 13.9. The summed E-state index contributed by atoms with van der Waals surface area (Å²) >= 11 is 0. The maximum Gasteiger partial charge on any atom is 0.222 e. The molecule has 0 aromatic rings. The molecule has 1 aliphatic rings. The zero-order valence-electron chi connectivity index (χ0n) is 10.0. The lowest BCUT2D eigenvalue weighted by Crippen LogP contribution is -2.34. The molecule has 0 radical (unpaired) electrons. The number of carbonyl (C=O) groups is 1. The summed E-state index contributed by atoms with van der Waals surface area (Å²) in [6.07, 6.45) is 5.09. The molecular formula is C12H24N2O. The van der Waals surface area contributed by atoms with E-state index in [2.05, 4.69) is 6.92 Å². The van der Waals surface area contributed by atoms with Crippen molar-refractivity contribution in [2.75, 3.05) is 13.1 Å². The van der Waals surface area contributed by atoms with Gasteiger partial charge in [0.05, 0.1) is 0 Å². The number of nitrogens with two attached hydrogens (primary N) is 1. The molecule has 1 saturated carbocycles. The Balaban J connectivity index is 2.28. The molecule has 2 N–H and O–H groups in total. The number of nitrogens with zero attached hydrogens (tertiary/aromatic N) is 1. The third kappa shape index (κ3) is 5.17. The molecule has 0 aliphatic heterocycles. The van der Waals surface area contributed by atoms with Gasteiger partial charge < -0.3 is 10.6 Å². The fourth-order valence-corrected chi connectivity index (χ4v) is 1.71. The van der Waals surface area contributed by atoms with Crippen LogP contribution >= 0.6 is 0 Å². The van der Waals surface area contributed by atoms with Crippen LogP contribution in [0.25, 0.3) is 0 Å². The van der Waals surface area contributed by atoms with Crippen LogP contribution < -0.4 is 5.73 Å². The van der Waals surface area contributed by atoms with Crippen molar-refractivity contribution in [2.24, 2.45) is 11.7 Å². The lowest BCUT2D eigenvalue weighted by atomic mass is 10.1. The molecule has 0 bridgehead atoms.